The van der Waals surface area contributed by atoms with Crippen LogP contribution in [0.25, 0.3) is 0 Å². The van der Waals surface area contributed by atoms with Gasteiger partial charge >= 0.3 is 5.97 Å². The second-order valence-electron chi connectivity index (χ2n) is 4.88. The molecule has 19 heavy (non-hydrogen) atoms. The summed E-state index contributed by atoms with van der Waals surface area (Å²) in [6.07, 6.45) is 0. The van der Waals surface area contributed by atoms with Crippen molar-refractivity contribution >= 4 is 27.3 Å². The van der Waals surface area contributed by atoms with Gasteiger partial charge in [0.25, 0.3) is 0 Å². The molecule has 0 unspecified atom stereocenters. The van der Waals surface area contributed by atoms with Crippen LogP contribution in [0.1, 0.15) is 29.1 Å². The first kappa shape index (κ1) is 16.1. The van der Waals surface area contributed by atoms with E-state index in [1.54, 1.807) is 26.2 Å². The van der Waals surface area contributed by atoms with E-state index in [1.165, 1.54) is 7.11 Å². The first-order valence-corrected chi connectivity index (χ1v) is 7.90. The summed E-state index contributed by atoms with van der Waals surface area (Å²) in [5.41, 5.74) is 5.57. The Hall–Kier alpha value is -0.960. The Morgan fingerprint density at radius 3 is 2.58 bits per heavy atom. The predicted octanol–water partition coefficient (Wildman–Crippen LogP) is 0.859. The van der Waals surface area contributed by atoms with E-state index in [-0.39, 0.29) is 16.3 Å². The van der Waals surface area contributed by atoms with Gasteiger partial charge in [0, 0.05) is 12.1 Å². The number of hydrogen-bond donors (Lipinski definition) is 2. The van der Waals surface area contributed by atoms with E-state index in [9.17, 15) is 13.2 Å². The fraction of sp³-hybridized carbons (Fsp3) is 0.545. The molecule has 8 heteroatoms. The van der Waals surface area contributed by atoms with Crippen molar-refractivity contribution in [1.29, 1.82) is 0 Å². The average Bonchev–Trinajstić information content (AvgIpc) is 2.67. The molecule has 0 saturated heterocycles. The molecule has 1 heterocycles. The number of ether oxygens (including phenoxy) is 1. The van der Waals surface area contributed by atoms with Crippen LogP contribution in [0.3, 0.4) is 0 Å². The molecule has 0 aromatic carbocycles. The molecule has 0 bridgehead atoms. The lowest BCUT2D eigenvalue weighted by atomic mass is 10.1. The second-order valence-corrected chi connectivity index (χ2v) is 7.47. The Labute approximate surface area is 117 Å². The molecular formula is C11H18N2O4S2. The van der Waals surface area contributed by atoms with Gasteiger partial charge < -0.3 is 10.5 Å². The summed E-state index contributed by atoms with van der Waals surface area (Å²) >= 11 is 1.04. The number of aryl methyl sites for hydroxylation is 1. The van der Waals surface area contributed by atoms with Crippen molar-refractivity contribution in [2.75, 3.05) is 13.7 Å². The molecule has 0 atom stereocenters. The molecule has 0 saturated carbocycles. The number of rotatable bonds is 5. The Bertz CT molecular complexity index is 570. The molecule has 0 aliphatic rings. The van der Waals surface area contributed by atoms with Crippen LogP contribution in [0, 0.1) is 6.92 Å². The van der Waals surface area contributed by atoms with Crippen molar-refractivity contribution in [2.45, 2.75) is 31.2 Å². The van der Waals surface area contributed by atoms with E-state index in [0.29, 0.717) is 5.56 Å². The molecule has 0 radical (unpaired) electrons. The SMILES string of the molecule is COC(=O)c1scc(C)c1S(=O)(=O)NCC(C)(C)N. The molecule has 1 aromatic heterocycles. The van der Waals surface area contributed by atoms with Crippen molar-refractivity contribution in [3.63, 3.8) is 0 Å². The number of hydrogen-bond acceptors (Lipinski definition) is 6. The van der Waals surface area contributed by atoms with E-state index in [2.05, 4.69) is 9.46 Å². The molecule has 0 aliphatic heterocycles. The summed E-state index contributed by atoms with van der Waals surface area (Å²) in [7, 11) is -2.57. The van der Waals surface area contributed by atoms with Crippen LogP contribution in [0.5, 0.6) is 0 Å². The number of nitrogens with one attached hydrogen (secondary N) is 1. The highest BCUT2D eigenvalue weighted by Crippen LogP contribution is 2.27. The van der Waals surface area contributed by atoms with Crippen molar-refractivity contribution in [1.82, 2.24) is 4.72 Å². The number of thiophene rings is 1. The number of esters is 1. The van der Waals surface area contributed by atoms with Crippen LogP contribution in [0.4, 0.5) is 0 Å². The Kier molecular flexibility index (Phi) is 4.72. The van der Waals surface area contributed by atoms with Gasteiger partial charge in [0.1, 0.15) is 9.77 Å². The zero-order valence-corrected chi connectivity index (χ0v) is 12.9. The molecule has 1 rings (SSSR count). The lowest BCUT2D eigenvalue weighted by Crippen LogP contribution is -2.45. The van der Waals surface area contributed by atoms with Crippen LogP contribution in [-0.4, -0.2) is 33.6 Å². The van der Waals surface area contributed by atoms with Crippen molar-refractivity contribution in [3.05, 3.63) is 15.8 Å². The van der Waals surface area contributed by atoms with Gasteiger partial charge in [0.15, 0.2) is 0 Å². The van der Waals surface area contributed by atoms with E-state index < -0.39 is 21.5 Å². The molecule has 0 aliphatic carbocycles. The molecule has 0 spiro atoms. The first-order chi connectivity index (χ1) is 8.58. The minimum Gasteiger partial charge on any atom is -0.465 e. The third-order valence-electron chi connectivity index (χ3n) is 2.28. The maximum absolute atomic E-state index is 12.2. The van der Waals surface area contributed by atoms with E-state index in [1.807, 2.05) is 0 Å². The minimum atomic E-state index is -3.79. The number of sulfonamides is 1. The summed E-state index contributed by atoms with van der Waals surface area (Å²) in [6.45, 7) is 5.12. The maximum atomic E-state index is 12.2. The normalized spacial score (nSPS) is 12.5. The van der Waals surface area contributed by atoms with Gasteiger partial charge in [-0.3, -0.25) is 0 Å². The van der Waals surface area contributed by atoms with E-state index >= 15 is 0 Å². The highest BCUT2D eigenvalue weighted by Gasteiger charge is 2.28. The Morgan fingerprint density at radius 2 is 2.11 bits per heavy atom. The van der Waals surface area contributed by atoms with E-state index in [0.717, 1.165) is 11.3 Å². The van der Waals surface area contributed by atoms with Crippen LogP contribution in [0.2, 0.25) is 0 Å². The molecule has 3 N–H and O–H groups in total. The molecule has 108 valence electrons. The summed E-state index contributed by atoms with van der Waals surface area (Å²) in [4.78, 5) is 11.6. The summed E-state index contributed by atoms with van der Waals surface area (Å²) in [5, 5.41) is 1.61. The second kappa shape index (κ2) is 5.58. The number of nitrogens with two attached hydrogens (primary N) is 1. The summed E-state index contributed by atoms with van der Waals surface area (Å²) in [6, 6.07) is 0. The van der Waals surface area contributed by atoms with Crippen molar-refractivity contribution < 1.29 is 17.9 Å². The van der Waals surface area contributed by atoms with Gasteiger partial charge in [-0.1, -0.05) is 0 Å². The highest BCUT2D eigenvalue weighted by molar-refractivity contribution is 7.89. The number of methoxy groups -OCH3 is 1. The zero-order chi connectivity index (χ0) is 14.8. The van der Waals surface area contributed by atoms with E-state index in [4.69, 9.17) is 5.73 Å². The van der Waals surface area contributed by atoms with Crippen LogP contribution in [-0.2, 0) is 14.8 Å². The smallest absolute Gasteiger partial charge is 0.349 e. The van der Waals surface area contributed by atoms with Crippen LogP contribution in [0.15, 0.2) is 10.3 Å². The lowest BCUT2D eigenvalue weighted by molar-refractivity contribution is 0.0602. The quantitative estimate of drug-likeness (QED) is 0.786. The predicted molar refractivity (Wildman–Crippen MR) is 73.9 cm³/mol. The Balaban J connectivity index is 3.15. The molecule has 0 amide bonds. The van der Waals surface area contributed by atoms with Gasteiger partial charge in [-0.2, -0.15) is 0 Å². The van der Waals surface area contributed by atoms with Crippen LogP contribution < -0.4 is 10.5 Å². The molecular weight excluding hydrogens is 288 g/mol. The topological polar surface area (TPSA) is 98.5 Å². The minimum absolute atomic E-state index is 0.0337. The van der Waals surface area contributed by atoms with Gasteiger partial charge in [-0.25, -0.2) is 17.9 Å². The fourth-order valence-corrected chi connectivity index (χ4v) is 4.28. The number of carbonyl (C=O) groups is 1. The van der Waals surface area contributed by atoms with Gasteiger partial charge in [-0.15, -0.1) is 11.3 Å². The summed E-state index contributed by atoms with van der Waals surface area (Å²) in [5.74, 6) is -0.662. The molecule has 0 fully saturated rings. The number of carbonyl (C=O) groups excluding carboxylic acids is 1. The Morgan fingerprint density at radius 1 is 1.53 bits per heavy atom. The van der Waals surface area contributed by atoms with Gasteiger partial charge in [0.2, 0.25) is 10.0 Å². The third-order valence-corrected chi connectivity index (χ3v) is 5.07. The van der Waals surface area contributed by atoms with Crippen LogP contribution >= 0.6 is 11.3 Å². The van der Waals surface area contributed by atoms with Gasteiger partial charge in [-0.05, 0) is 31.7 Å². The standard InChI is InChI=1S/C11H18N2O4S2/c1-7-5-18-8(10(14)17-4)9(7)19(15,16)13-6-11(2,3)12/h5,13H,6,12H2,1-4H3. The zero-order valence-electron chi connectivity index (χ0n) is 11.3. The largest absolute Gasteiger partial charge is 0.465 e. The molecule has 6 nitrogen and oxygen atoms in total. The third kappa shape index (κ3) is 4.00. The monoisotopic (exact) mass is 306 g/mol. The van der Waals surface area contributed by atoms with Crippen molar-refractivity contribution in [2.24, 2.45) is 5.73 Å². The first-order valence-electron chi connectivity index (χ1n) is 5.53. The van der Waals surface area contributed by atoms with Gasteiger partial charge in [0.05, 0.1) is 7.11 Å². The summed E-state index contributed by atoms with van der Waals surface area (Å²) < 4.78 is 31.5. The highest BCUT2D eigenvalue weighted by atomic mass is 32.2. The lowest BCUT2D eigenvalue weighted by Gasteiger charge is -2.19. The molecule has 1 aromatic rings. The maximum Gasteiger partial charge on any atom is 0.349 e. The fourth-order valence-electron chi connectivity index (χ4n) is 1.35. The average molecular weight is 306 g/mol. The van der Waals surface area contributed by atoms with Crippen molar-refractivity contribution in [3.8, 4) is 0 Å².